The van der Waals surface area contributed by atoms with Crippen LogP contribution in [0.5, 0.6) is 0 Å². The SMILES string of the molecule is OC1CCN2CCCC(O)[C@H]2C1O. The second-order valence-corrected chi connectivity index (χ2v) is 4.08. The molecule has 2 fully saturated rings. The van der Waals surface area contributed by atoms with Crippen LogP contribution in [0.25, 0.3) is 0 Å². The van der Waals surface area contributed by atoms with E-state index in [1.807, 2.05) is 0 Å². The number of rotatable bonds is 0. The zero-order valence-electron chi connectivity index (χ0n) is 7.63. The van der Waals surface area contributed by atoms with Crippen molar-refractivity contribution in [3.63, 3.8) is 0 Å². The third kappa shape index (κ3) is 1.59. The molecule has 3 N–H and O–H groups in total. The predicted octanol–water partition coefficient (Wildman–Crippen LogP) is -1.06. The molecule has 2 aliphatic rings. The van der Waals surface area contributed by atoms with Crippen molar-refractivity contribution in [2.75, 3.05) is 13.1 Å². The minimum absolute atomic E-state index is 0.238. The van der Waals surface area contributed by atoms with E-state index in [2.05, 4.69) is 4.90 Å². The van der Waals surface area contributed by atoms with Crippen molar-refractivity contribution >= 4 is 0 Å². The molecule has 3 unspecified atom stereocenters. The standard InChI is InChI=1S/C9H17NO3/c11-6-2-1-4-10-5-3-7(12)9(13)8(6)10/h6-9,11-13H,1-5H2/t6?,7?,8-,9?/m0/s1. The van der Waals surface area contributed by atoms with Gasteiger partial charge in [0.2, 0.25) is 0 Å². The molecule has 4 nitrogen and oxygen atoms in total. The molecule has 4 atom stereocenters. The Morgan fingerprint density at radius 3 is 2.46 bits per heavy atom. The van der Waals surface area contributed by atoms with Crippen molar-refractivity contribution in [2.45, 2.75) is 43.6 Å². The van der Waals surface area contributed by atoms with Gasteiger partial charge in [0.15, 0.2) is 0 Å². The normalized spacial score (nSPS) is 47.3. The van der Waals surface area contributed by atoms with E-state index in [1.54, 1.807) is 0 Å². The lowest BCUT2D eigenvalue weighted by atomic mass is 9.87. The third-order valence-corrected chi connectivity index (χ3v) is 3.22. The molecule has 0 aliphatic carbocycles. The van der Waals surface area contributed by atoms with Gasteiger partial charge in [-0.3, -0.25) is 4.90 Å². The molecule has 0 aromatic rings. The van der Waals surface area contributed by atoms with Gasteiger partial charge in [-0.25, -0.2) is 0 Å². The first-order chi connectivity index (χ1) is 6.20. The van der Waals surface area contributed by atoms with Crippen LogP contribution in [0.1, 0.15) is 19.3 Å². The highest BCUT2D eigenvalue weighted by Crippen LogP contribution is 2.26. The smallest absolute Gasteiger partial charge is 0.0979 e. The van der Waals surface area contributed by atoms with E-state index in [0.29, 0.717) is 6.42 Å². The first-order valence-electron chi connectivity index (χ1n) is 4.98. The average molecular weight is 187 g/mol. The van der Waals surface area contributed by atoms with Crippen LogP contribution in [0.3, 0.4) is 0 Å². The molecule has 76 valence electrons. The molecular formula is C9H17NO3. The highest BCUT2D eigenvalue weighted by atomic mass is 16.3. The summed E-state index contributed by atoms with van der Waals surface area (Å²) in [6.07, 6.45) is 0.437. The van der Waals surface area contributed by atoms with E-state index in [9.17, 15) is 15.3 Å². The van der Waals surface area contributed by atoms with Crippen LogP contribution < -0.4 is 0 Å². The van der Waals surface area contributed by atoms with Crippen LogP contribution in [-0.2, 0) is 0 Å². The van der Waals surface area contributed by atoms with Gasteiger partial charge in [0, 0.05) is 6.54 Å². The van der Waals surface area contributed by atoms with Gasteiger partial charge >= 0.3 is 0 Å². The molecule has 0 aromatic heterocycles. The van der Waals surface area contributed by atoms with Crippen molar-refractivity contribution in [1.82, 2.24) is 4.90 Å². The summed E-state index contributed by atoms with van der Waals surface area (Å²) in [5.41, 5.74) is 0. The van der Waals surface area contributed by atoms with Gasteiger partial charge in [-0.1, -0.05) is 0 Å². The molecule has 0 radical (unpaired) electrons. The third-order valence-electron chi connectivity index (χ3n) is 3.22. The number of fused-ring (bicyclic) bond motifs is 1. The maximum absolute atomic E-state index is 9.69. The number of aliphatic hydroxyl groups excluding tert-OH is 3. The quantitative estimate of drug-likeness (QED) is 0.452. The molecule has 4 heteroatoms. The average Bonchev–Trinajstić information content (AvgIpc) is 2.12. The molecule has 2 aliphatic heterocycles. The molecule has 0 aromatic carbocycles. The van der Waals surface area contributed by atoms with Gasteiger partial charge < -0.3 is 15.3 Å². The lowest BCUT2D eigenvalue weighted by molar-refractivity contribution is -0.126. The van der Waals surface area contributed by atoms with E-state index in [0.717, 1.165) is 25.9 Å². The fraction of sp³-hybridized carbons (Fsp3) is 1.00. The molecule has 13 heavy (non-hydrogen) atoms. The summed E-state index contributed by atoms with van der Waals surface area (Å²) in [5, 5.41) is 28.8. The minimum atomic E-state index is -0.774. The highest BCUT2D eigenvalue weighted by Gasteiger charge is 2.41. The molecule has 0 saturated carbocycles. The maximum atomic E-state index is 9.69. The summed E-state index contributed by atoms with van der Waals surface area (Å²) in [5.74, 6) is 0. The summed E-state index contributed by atoms with van der Waals surface area (Å²) >= 11 is 0. The monoisotopic (exact) mass is 187 g/mol. The first kappa shape index (κ1) is 9.40. The second kappa shape index (κ2) is 3.53. The molecular weight excluding hydrogens is 170 g/mol. The Labute approximate surface area is 77.8 Å². The largest absolute Gasteiger partial charge is 0.391 e. The summed E-state index contributed by atoms with van der Waals surface area (Å²) < 4.78 is 0. The second-order valence-electron chi connectivity index (χ2n) is 4.08. The molecule has 0 spiro atoms. The van der Waals surface area contributed by atoms with Crippen molar-refractivity contribution in [1.29, 1.82) is 0 Å². The number of hydrogen-bond acceptors (Lipinski definition) is 4. The van der Waals surface area contributed by atoms with Gasteiger partial charge in [0.25, 0.3) is 0 Å². The zero-order valence-corrected chi connectivity index (χ0v) is 7.63. The Morgan fingerprint density at radius 2 is 1.69 bits per heavy atom. The molecule has 2 saturated heterocycles. The fourth-order valence-electron chi connectivity index (χ4n) is 2.47. The first-order valence-corrected chi connectivity index (χ1v) is 4.98. The Balaban J connectivity index is 2.10. The van der Waals surface area contributed by atoms with E-state index in [1.165, 1.54) is 0 Å². The summed E-state index contributed by atoms with van der Waals surface area (Å²) in [4.78, 5) is 2.09. The molecule has 2 rings (SSSR count). The van der Waals surface area contributed by atoms with E-state index in [-0.39, 0.29) is 6.04 Å². The van der Waals surface area contributed by atoms with E-state index < -0.39 is 18.3 Å². The fourth-order valence-corrected chi connectivity index (χ4v) is 2.47. The van der Waals surface area contributed by atoms with E-state index in [4.69, 9.17) is 0 Å². The van der Waals surface area contributed by atoms with Crippen LogP contribution in [0.2, 0.25) is 0 Å². The number of aliphatic hydroxyl groups is 3. The maximum Gasteiger partial charge on any atom is 0.0979 e. The van der Waals surface area contributed by atoms with Gasteiger partial charge in [-0.15, -0.1) is 0 Å². The van der Waals surface area contributed by atoms with Gasteiger partial charge in [-0.2, -0.15) is 0 Å². The van der Waals surface area contributed by atoms with E-state index >= 15 is 0 Å². The molecule has 0 bridgehead atoms. The Hall–Kier alpha value is -0.160. The predicted molar refractivity (Wildman–Crippen MR) is 47.2 cm³/mol. The lowest BCUT2D eigenvalue weighted by Gasteiger charge is -2.46. The Bertz CT molecular complexity index is 186. The number of hydrogen-bond donors (Lipinski definition) is 3. The van der Waals surface area contributed by atoms with Crippen molar-refractivity contribution < 1.29 is 15.3 Å². The van der Waals surface area contributed by atoms with Crippen LogP contribution in [-0.4, -0.2) is 57.7 Å². The summed E-state index contributed by atoms with van der Waals surface area (Å²) in [7, 11) is 0. The number of nitrogens with zero attached hydrogens (tertiary/aromatic N) is 1. The molecule has 0 amide bonds. The summed E-state index contributed by atoms with van der Waals surface area (Å²) in [6.45, 7) is 1.73. The van der Waals surface area contributed by atoms with Crippen LogP contribution >= 0.6 is 0 Å². The Morgan fingerprint density at radius 1 is 0.923 bits per heavy atom. The van der Waals surface area contributed by atoms with Crippen molar-refractivity contribution in [3.05, 3.63) is 0 Å². The van der Waals surface area contributed by atoms with Crippen molar-refractivity contribution in [3.8, 4) is 0 Å². The summed E-state index contributed by atoms with van der Waals surface area (Å²) in [6, 6.07) is -0.238. The topological polar surface area (TPSA) is 63.9 Å². The number of piperidine rings is 2. The van der Waals surface area contributed by atoms with Crippen LogP contribution in [0.4, 0.5) is 0 Å². The Kier molecular flexibility index (Phi) is 2.55. The van der Waals surface area contributed by atoms with Gasteiger partial charge in [0.1, 0.15) is 0 Å². The van der Waals surface area contributed by atoms with Crippen molar-refractivity contribution in [2.24, 2.45) is 0 Å². The van der Waals surface area contributed by atoms with Gasteiger partial charge in [-0.05, 0) is 25.8 Å². The molecule has 2 heterocycles. The lowest BCUT2D eigenvalue weighted by Crippen LogP contribution is -2.61. The van der Waals surface area contributed by atoms with Crippen LogP contribution in [0.15, 0.2) is 0 Å². The van der Waals surface area contributed by atoms with Crippen LogP contribution in [0, 0.1) is 0 Å². The van der Waals surface area contributed by atoms with Gasteiger partial charge in [0.05, 0.1) is 24.4 Å². The highest BCUT2D eigenvalue weighted by molar-refractivity contribution is 4.96. The minimum Gasteiger partial charge on any atom is -0.391 e. The zero-order chi connectivity index (χ0) is 9.42.